The van der Waals surface area contributed by atoms with Gasteiger partial charge in [0.2, 0.25) is 5.91 Å². The lowest BCUT2D eigenvalue weighted by Gasteiger charge is -2.31. The second-order valence-electron chi connectivity index (χ2n) is 8.85. The quantitative estimate of drug-likeness (QED) is 0.422. The molecule has 2 aliphatic rings. The van der Waals surface area contributed by atoms with Gasteiger partial charge in [0.25, 0.3) is 5.56 Å². The van der Waals surface area contributed by atoms with Gasteiger partial charge >= 0.3 is 0 Å². The minimum absolute atomic E-state index is 0.0608. The summed E-state index contributed by atoms with van der Waals surface area (Å²) < 4.78 is 1.64. The lowest BCUT2D eigenvalue weighted by Crippen LogP contribution is -2.49. The van der Waals surface area contributed by atoms with Crippen LogP contribution in [0.25, 0.3) is 15.9 Å². The van der Waals surface area contributed by atoms with Crippen LogP contribution in [-0.2, 0) is 17.6 Å². The molecule has 0 bridgehead atoms. The molecular weight excluding hydrogens is 452 g/mol. The van der Waals surface area contributed by atoms with E-state index in [1.807, 2.05) is 30.3 Å². The number of benzene rings is 1. The molecule has 1 N–H and O–H groups in total. The Hall–Kier alpha value is -2.63. The van der Waals surface area contributed by atoms with Gasteiger partial charge < -0.3 is 5.32 Å². The Morgan fingerprint density at radius 2 is 1.91 bits per heavy atom. The van der Waals surface area contributed by atoms with Crippen molar-refractivity contribution in [2.75, 3.05) is 5.75 Å². The number of carbonyl (C=O) groups excluding carboxylic acids is 1. The Kier molecular flexibility index (Phi) is 6.26. The number of hydrogen-bond acceptors (Lipinski definition) is 6. The minimum atomic E-state index is -0.765. The van der Waals surface area contributed by atoms with Crippen molar-refractivity contribution in [2.45, 2.75) is 68.5 Å². The average molecular weight is 479 g/mol. The predicted octanol–water partition coefficient (Wildman–Crippen LogP) is 4.76. The summed E-state index contributed by atoms with van der Waals surface area (Å²) >= 11 is 2.88. The molecule has 3 aromatic rings. The number of hydrogen-bond donors (Lipinski definition) is 1. The molecule has 1 saturated carbocycles. The molecule has 0 saturated heterocycles. The molecule has 0 atom stereocenters. The van der Waals surface area contributed by atoms with Gasteiger partial charge in [-0.2, -0.15) is 5.26 Å². The van der Waals surface area contributed by atoms with Gasteiger partial charge in [0, 0.05) is 4.88 Å². The molecule has 5 rings (SSSR count). The topological polar surface area (TPSA) is 87.8 Å². The van der Waals surface area contributed by atoms with Crippen LogP contribution in [0.3, 0.4) is 0 Å². The van der Waals surface area contributed by atoms with E-state index in [1.165, 1.54) is 16.6 Å². The molecule has 8 heteroatoms. The van der Waals surface area contributed by atoms with Crippen LogP contribution in [0.2, 0.25) is 0 Å². The van der Waals surface area contributed by atoms with Crippen molar-refractivity contribution in [3.8, 4) is 11.8 Å². The highest BCUT2D eigenvalue weighted by atomic mass is 32.2. The Morgan fingerprint density at radius 1 is 1.15 bits per heavy atom. The molecule has 2 heterocycles. The van der Waals surface area contributed by atoms with E-state index in [-0.39, 0.29) is 17.2 Å². The first-order chi connectivity index (χ1) is 16.1. The molecule has 2 aromatic heterocycles. The summed E-state index contributed by atoms with van der Waals surface area (Å²) in [4.78, 5) is 33.4. The van der Waals surface area contributed by atoms with Crippen LogP contribution >= 0.6 is 23.1 Å². The number of nitriles is 1. The van der Waals surface area contributed by atoms with Crippen LogP contribution < -0.4 is 10.9 Å². The second kappa shape index (κ2) is 9.32. The third-order valence-electron chi connectivity index (χ3n) is 6.60. The normalized spacial score (nSPS) is 17.3. The van der Waals surface area contributed by atoms with Gasteiger partial charge in [0.05, 0.1) is 22.9 Å². The average Bonchev–Trinajstić information content (AvgIpc) is 3.22. The lowest BCUT2D eigenvalue weighted by molar-refractivity contribution is -0.120. The number of para-hydroxylation sites is 1. The number of amides is 1. The molecule has 1 aromatic carbocycles. The van der Waals surface area contributed by atoms with Crippen molar-refractivity contribution in [1.82, 2.24) is 14.9 Å². The summed E-state index contributed by atoms with van der Waals surface area (Å²) in [5.74, 6) is -0.0814. The Morgan fingerprint density at radius 3 is 2.67 bits per heavy atom. The fraction of sp³-hybridized carbons (Fsp3) is 0.440. The van der Waals surface area contributed by atoms with Gasteiger partial charge in [-0.05, 0) is 56.2 Å². The number of carbonyl (C=O) groups is 1. The van der Waals surface area contributed by atoms with Crippen molar-refractivity contribution < 1.29 is 4.79 Å². The Labute approximate surface area is 201 Å². The van der Waals surface area contributed by atoms with Gasteiger partial charge in [-0.25, -0.2) is 4.98 Å². The van der Waals surface area contributed by atoms with E-state index in [4.69, 9.17) is 4.98 Å². The number of nitrogens with zero attached hydrogens (tertiary/aromatic N) is 3. The largest absolute Gasteiger partial charge is 0.337 e. The van der Waals surface area contributed by atoms with Crippen molar-refractivity contribution >= 4 is 39.2 Å². The fourth-order valence-corrected chi connectivity index (χ4v) is 7.06. The van der Waals surface area contributed by atoms with Crippen LogP contribution in [0.15, 0.2) is 40.3 Å². The van der Waals surface area contributed by atoms with Crippen molar-refractivity contribution in [1.29, 1.82) is 5.26 Å². The van der Waals surface area contributed by atoms with Crippen molar-refractivity contribution in [3.63, 3.8) is 0 Å². The summed E-state index contributed by atoms with van der Waals surface area (Å²) in [7, 11) is 0. The predicted molar refractivity (Wildman–Crippen MR) is 132 cm³/mol. The number of nitrogens with one attached hydrogen (secondary N) is 1. The maximum Gasteiger partial charge on any atom is 0.267 e. The van der Waals surface area contributed by atoms with Crippen molar-refractivity contribution in [3.05, 3.63) is 51.1 Å². The van der Waals surface area contributed by atoms with Gasteiger partial charge in [0.15, 0.2) is 5.16 Å². The number of thioether (sulfide) groups is 1. The number of rotatable bonds is 5. The molecule has 0 aliphatic heterocycles. The van der Waals surface area contributed by atoms with Gasteiger partial charge in [-0.1, -0.05) is 49.2 Å². The zero-order valence-corrected chi connectivity index (χ0v) is 20.1. The Bertz CT molecular complexity index is 1280. The maximum atomic E-state index is 13.7. The molecule has 0 radical (unpaired) electrons. The van der Waals surface area contributed by atoms with Crippen LogP contribution in [0.1, 0.15) is 55.4 Å². The summed E-state index contributed by atoms with van der Waals surface area (Å²) in [6.45, 7) is 0. The summed E-state index contributed by atoms with van der Waals surface area (Å²) in [6.07, 6.45) is 8.57. The fourth-order valence-electron chi connectivity index (χ4n) is 4.94. The highest BCUT2D eigenvalue weighted by Gasteiger charge is 2.33. The number of aromatic nitrogens is 2. The van der Waals surface area contributed by atoms with Gasteiger partial charge in [0.1, 0.15) is 10.4 Å². The molecule has 0 spiro atoms. The third kappa shape index (κ3) is 4.32. The van der Waals surface area contributed by atoms with E-state index in [2.05, 4.69) is 11.4 Å². The second-order valence-corrected chi connectivity index (χ2v) is 10.9. The first-order valence-corrected chi connectivity index (χ1v) is 13.4. The van der Waals surface area contributed by atoms with Crippen LogP contribution in [-0.4, -0.2) is 26.8 Å². The van der Waals surface area contributed by atoms with E-state index in [0.717, 1.165) is 66.4 Å². The summed E-state index contributed by atoms with van der Waals surface area (Å²) in [5.41, 5.74) is 1.08. The smallest absolute Gasteiger partial charge is 0.267 e. The zero-order chi connectivity index (χ0) is 22.8. The van der Waals surface area contributed by atoms with Gasteiger partial charge in [-0.15, -0.1) is 11.3 Å². The van der Waals surface area contributed by atoms with Crippen LogP contribution in [0.5, 0.6) is 0 Å². The molecule has 33 heavy (non-hydrogen) atoms. The summed E-state index contributed by atoms with van der Waals surface area (Å²) in [5, 5.41) is 13.9. The van der Waals surface area contributed by atoms with Gasteiger partial charge in [-0.3, -0.25) is 14.2 Å². The standard InChI is InChI=1S/C25H26N4O2S2/c26-16-25(13-7-2-8-14-25)28-20(30)15-32-24-27-22-21(18-11-5-6-12-19(18)33-22)23(31)29(24)17-9-3-1-4-10-17/h1,3-4,9-10H,2,5-8,11-15H2,(H,28,30). The molecule has 1 amide bonds. The number of fused-ring (bicyclic) bond motifs is 3. The van der Waals surface area contributed by atoms with E-state index in [1.54, 1.807) is 15.9 Å². The number of aryl methyl sites for hydroxylation is 2. The molecule has 0 unspecified atom stereocenters. The molecule has 170 valence electrons. The Balaban J connectivity index is 1.49. The minimum Gasteiger partial charge on any atom is -0.337 e. The van der Waals surface area contributed by atoms with E-state index >= 15 is 0 Å². The van der Waals surface area contributed by atoms with Crippen LogP contribution in [0.4, 0.5) is 0 Å². The van der Waals surface area contributed by atoms with E-state index in [9.17, 15) is 14.9 Å². The monoisotopic (exact) mass is 478 g/mol. The zero-order valence-electron chi connectivity index (χ0n) is 18.4. The first kappa shape index (κ1) is 22.2. The number of thiophene rings is 1. The highest BCUT2D eigenvalue weighted by molar-refractivity contribution is 7.99. The third-order valence-corrected chi connectivity index (χ3v) is 8.73. The molecule has 6 nitrogen and oxygen atoms in total. The van der Waals surface area contributed by atoms with Crippen molar-refractivity contribution in [2.24, 2.45) is 0 Å². The van der Waals surface area contributed by atoms with E-state index in [0.29, 0.717) is 18.0 Å². The highest BCUT2D eigenvalue weighted by Crippen LogP contribution is 2.35. The SMILES string of the molecule is N#CC1(NC(=O)CSc2nc3sc4c(c3c(=O)n2-c2ccccc2)CCCC4)CCCCC1. The molecule has 1 fully saturated rings. The van der Waals surface area contributed by atoms with Crippen LogP contribution in [0, 0.1) is 11.3 Å². The maximum absolute atomic E-state index is 13.7. The molecular formula is C25H26N4O2S2. The summed E-state index contributed by atoms with van der Waals surface area (Å²) in [6, 6.07) is 11.8. The van der Waals surface area contributed by atoms with E-state index < -0.39 is 5.54 Å². The molecule has 2 aliphatic carbocycles. The first-order valence-electron chi connectivity index (χ1n) is 11.6. The lowest BCUT2D eigenvalue weighted by atomic mass is 9.83.